The molecule has 0 aliphatic heterocycles. The van der Waals surface area contributed by atoms with Gasteiger partial charge in [-0.05, 0) is 12.1 Å². The van der Waals surface area contributed by atoms with Crippen molar-refractivity contribution in [3.05, 3.63) is 40.3 Å². The Labute approximate surface area is 116 Å². The van der Waals surface area contributed by atoms with E-state index in [9.17, 15) is 4.79 Å². The van der Waals surface area contributed by atoms with E-state index in [1.165, 1.54) is 18.3 Å². The predicted molar refractivity (Wildman–Crippen MR) is 74.3 cm³/mol. The Morgan fingerprint density at radius 2 is 2.05 bits per heavy atom. The Bertz CT molecular complexity index is 565. The fourth-order valence-electron chi connectivity index (χ4n) is 1.57. The Hall–Kier alpha value is -1.88. The summed E-state index contributed by atoms with van der Waals surface area (Å²) < 4.78 is 10.9. The first-order valence-corrected chi connectivity index (χ1v) is 6.80. The van der Waals surface area contributed by atoms with Crippen LogP contribution in [-0.2, 0) is 6.42 Å². The molecule has 1 aromatic heterocycles. The lowest BCUT2D eigenvalue weighted by Gasteiger charge is -2.09. The number of carbonyl (C=O) groups is 1. The van der Waals surface area contributed by atoms with Gasteiger partial charge >= 0.3 is 0 Å². The van der Waals surface area contributed by atoms with E-state index < -0.39 is 0 Å². The first kappa shape index (κ1) is 13.5. The Morgan fingerprint density at radius 3 is 2.68 bits per heavy atom. The van der Waals surface area contributed by atoms with Crippen LogP contribution in [0.3, 0.4) is 0 Å². The molecular formula is C14H15NO3S. The summed E-state index contributed by atoms with van der Waals surface area (Å²) in [6, 6.07) is 7.51. The molecule has 5 heteroatoms. The lowest BCUT2D eigenvalue weighted by atomic mass is 10.3. The predicted octanol–water partition coefficient (Wildman–Crippen LogP) is 2.98. The molecular weight excluding hydrogens is 262 g/mol. The smallest absolute Gasteiger partial charge is 0.178 e. The number of thiazole rings is 1. The number of rotatable bonds is 6. The van der Waals surface area contributed by atoms with E-state index >= 15 is 0 Å². The lowest BCUT2D eigenvalue weighted by Crippen LogP contribution is -2.03. The summed E-state index contributed by atoms with van der Waals surface area (Å²) in [5, 5.41) is 2.68. The molecule has 0 aliphatic carbocycles. The van der Waals surface area contributed by atoms with Crippen molar-refractivity contribution in [1.29, 1.82) is 0 Å². The number of hydrogen-bond donors (Lipinski definition) is 0. The molecule has 0 saturated carbocycles. The largest absolute Gasteiger partial charge is 0.493 e. The standard InChI is InChI=1S/C14H15NO3S/c1-10(16)11-9-19-14(15-11)7-8-18-13-6-4-3-5-12(13)17-2/h3-6,9H,7-8H2,1-2H3. The number of para-hydroxylation sites is 2. The molecule has 0 spiro atoms. The second kappa shape index (κ2) is 6.33. The monoisotopic (exact) mass is 277 g/mol. The minimum Gasteiger partial charge on any atom is -0.493 e. The number of ether oxygens (including phenoxy) is 2. The molecule has 2 aromatic rings. The summed E-state index contributed by atoms with van der Waals surface area (Å²) in [5.41, 5.74) is 0.525. The SMILES string of the molecule is COc1ccccc1OCCc1nc(C(C)=O)cs1. The first-order chi connectivity index (χ1) is 9.20. The van der Waals surface area contributed by atoms with Gasteiger partial charge in [0.25, 0.3) is 0 Å². The van der Waals surface area contributed by atoms with Gasteiger partial charge in [-0.2, -0.15) is 0 Å². The van der Waals surface area contributed by atoms with Gasteiger partial charge in [0.15, 0.2) is 17.3 Å². The quantitative estimate of drug-likeness (QED) is 0.762. The van der Waals surface area contributed by atoms with E-state index in [1.54, 1.807) is 12.5 Å². The summed E-state index contributed by atoms with van der Waals surface area (Å²) in [4.78, 5) is 15.4. The van der Waals surface area contributed by atoms with Crippen LogP contribution in [0.2, 0.25) is 0 Å². The van der Waals surface area contributed by atoms with Crippen LogP contribution in [0.5, 0.6) is 11.5 Å². The second-order valence-corrected chi connectivity index (χ2v) is 4.87. The van der Waals surface area contributed by atoms with Crippen molar-refractivity contribution >= 4 is 17.1 Å². The van der Waals surface area contributed by atoms with Gasteiger partial charge in [0, 0.05) is 18.7 Å². The van der Waals surface area contributed by atoms with Crippen LogP contribution >= 0.6 is 11.3 Å². The maximum atomic E-state index is 11.1. The Kier molecular flexibility index (Phi) is 4.52. The van der Waals surface area contributed by atoms with Crippen molar-refractivity contribution in [1.82, 2.24) is 4.98 Å². The maximum Gasteiger partial charge on any atom is 0.178 e. The van der Waals surface area contributed by atoms with Crippen molar-refractivity contribution < 1.29 is 14.3 Å². The van der Waals surface area contributed by atoms with Gasteiger partial charge in [-0.15, -0.1) is 11.3 Å². The van der Waals surface area contributed by atoms with Gasteiger partial charge in [-0.1, -0.05) is 12.1 Å². The van der Waals surface area contributed by atoms with Crippen molar-refractivity contribution in [2.75, 3.05) is 13.7 Å². The zero-order valence-corrected chi connectivity index (χ0v) is 11.7. The zero-order chi connectivity index (χ0) is 13.7. The number of carbonyl (C=O) groups excluding carboxylic acids is 1. The molecule has 2 rings (SSSR count). The van der Waals surface area contributed by atoms with Crippen molar-refractivity contribution in [3.63, 3.8) is 0 Å². The van der Waals surface area contributed by atoms with E-state index in [2.05, 4.69) is 4.98 Å². The number of hydrogen-bond acceptors (Lipinski definition) is 5. The number of benzene rings is 1. The van der Waals surface area contributed by atoms with Crippen LogP contribution in [-0.4, -0.2) is 24.5 Å². The minimum atomic E-state index is -0.00635. The minimum absolute atomic E-state index is 0.00635. The maximum absolute atomic E-state index is 11.1. The van der Waals surface area contributed by atoms with Gasteiger partial charge in [-0.3, -0.25) is 4.79 Å². The number of methoxy groups -OCH3 is 1. The van der Waals surface area contributed by atoms with Crippen LogP contribution in [0.1, 0.15) is 22.4 Å². The molecule has 0 saturated heterocycles. The van der Waals surface area contributed by atoms with Gasteiger partial charge in [0.2, 0.25) is 0 Å². The molecule has 100 valence electrons. The highest BCUT2D eigenvalue weighted by Crippen LogP contribution is 2.25. The van der Waals surface area contributed by atoms with E-state index in [-0.39, 0.29) is 5.78 Å². The molecule has 0 aliphatic rings. The van der Waals surface area contributed by atoms with E-state index in [4.69, 9.17) is 9.47 Å². The third-order valence-corrected chi connectivity index (χ3v) is 3.46. The van der Waals surface area contributed by atoms with Gasteiger partial charge in [-0.25, -0.2) is 4.98 Å². The molecule has 0 fully saturated rings. The molecule has 4 nitrogen and oxygen atoms in total. The topological polar surface area (TPSA) is 48.4 Å². The summed E-state index contributed by atoms with van der Waals surface area (Å²) in [5.74, 6) is 1.42. The summed E-state index contributed by atoms with van der Waals surface area (Å²) in [7, 11) is 1.61. The van der Waals surface area contributed by atoms with Gasteiger partial charge < -0.3 is 9.47 Å². The summed E-state index contributed by atoms with van der Waals surface area (Å²) in [6.07, 6.45) is 0.677. The molecule has 0 bridgehead atoms. The fourth-order valence-corrected chi connectivity index (χ4v) is 2.39. The number of nitrogens with zero attached hydrogens (tertiary/aromatic N) is 1. The highest BCUT2D eigenvalue weighted by Gasteiger charge is 2.07. The average molecular weight is 277 g/mol. The molecule has 0 N–H and O–H groups in total. The number of ketones is 1. The van der Waals surface area contributed by atoms with Crippen molar-refractivity contribution in [2.24, 2.45) is 0 Å². The van der Waals surface area contributed by atoms with Gasteiger partial charge in [0.05, 0.1) is 18.7 Å². The lowest BCUT2D eigenvalue weighted by molar-refractivity contribution is 0.101. The van der Waals surface area contributed by atoms with Crippen molar-refractivity contribution in [3.8, 4) is 11.5 Å². The highest BCUT2D eigenvalue weighted by atomic mass is 32.1. The fraction of sp³-hybridized carbons (Fsp3) is 0.286. The molecule has 1 heterocycles. The van der Waals surface area contributed by atoms with Crippen LogP contribution in [0.25, 0.3) is 0 Å². The van der Waals surface area contributed by atoms with Crippen molar-refractivity contribution in [2.45, 2.75) is 13.3 Å². The average Bonchev–Trinajstić information content (AvgIpc) is 2.88. The first-order valence-electron chi connectivity index (χ1n) is 5.92. The van der Waals surface area contributed by atoms with E-state index in [1.807, 2.05) is 24.3 Å². The number of Topliss-reactive ketones (excluding diaryl/α,β-unsaturated/α-hetero) is 1. The Balaban J connectivity index is 1.90. The van der Waals surface area contributed by atoms with E-state index in [0.717, 1.165) is 5.01 Å². The van der Waals surface area contributed by atoms with Crippen LogP contribution in [0, 0.1) is 0 Å². The summed E-state index contributed by atoms with van der Waals surface area (Å²) >= 11 is 1.48. The molecule has 0 atom stereocenters. The zero-order valence-electron chi connectivity index (χ0n) is 10.9. The summed E-state index contributed by atoms with van der Waals surface area (Å²) in [6.45, 7) is 2.02. The second-order valence-electron chi connectivity index (χ2n) is 3.93. The van der Waals surface area contributed by atoms with Gasteiger partial charge in [0.1, 0.15) is 5.69 Å². The highest BCUT2D eigenvalue weighted by molar-refractivity contribution is 7.09. The Morgan fingerprint density at radius 1 is 1.32 bits per heavy atom. The number of aromatic nitrogens is 1. The molecule has 1 aromatic carbocycles. The molecule has 0 radical (unpaired) electrons. The molecule has 0 amide bonds. The normalized spacial score (nSPS) is 10.2. The molecule has 0 unspecified atom stereocenters. The molecule has 19 heavy (non-hydrogen) atoms. The third kappa shape index (κ3) is 3.54. The van der Waals surface area contributed by atoms with Crippen LogP contribution < -0.4 is 9.47 Å². The third-order valence-electron chi connectivity index (χ3n) is 2.56. The van der Waals surface area contributed by atoms with Crippen LogP contribution in [0.15, 0.2) is 29.6 Å². The van der Waals surface area contributed by atoms with Crippen LogP contribution in [0.4, 0.5) is 0 Å². The van der Waals surface area contributed by atoms with E-state index in [0.29, 0.717) is 30.2 Å².